The minimum Gasteiger partial charge on any atom is -0.395 e. The number of hydrogen-bond acceptors (Lipinski definition) is 4. The molecule has 2 unspecified atom stereocenters. The second-order valence-electron chi connectivity index (χ2n) is 2.65. The molecule has 0 amide bonds. The monoisotopic (exact) mass is 177 g/mol. The number of nitrogens with one attached hydrogen (secondary N) is 1. The highest BCUT2D eigenvalue weighted by molar-refractivity contribution is 4.74. The normalized spacial score (nSPS) is 16.0. The average Bonchev–Trinajstić information content (AvgIpc) is 2.12. The standard InChI is InChI=1S/C8H19NO3/c1-3-8(12-2)7(6-11)9-4-5-10/h7-11H,3-6H2,1-2H3. The molecule has 0 heterocycles. The molecule has 0 aromatic rings. The summed E-state index contributed by atoms with van der Waals surface area (Å²) < 4.78 is 5.15. The van der Waals surface area contributed by atoms with Gasteiger partial charge in [0.15, 0.2) is 0 Å². The fraction of sp³-hybridized carbons (Fsp3) is 1.00. The Bertz CT molecular complexity index is 96.3. The summed E-state index contributed by atoms with van der Waals surface area (Å²) >= 11 is 0. The number of aliphatic hydroxyl groups excluding tert-OH is 2. The molecule has 12 heavy (non-hydrogen) atoms. The predicted octanol–water partition coefficient (Wildman–Crippen LogP) is -0.646. The van der Waals surface area contributed by atoms with E-state index >= 15 is 0 Å². The summed E-state index contributed by atoms with van der Waals surface area (Å²) in [6.45, 7) is 2.60. The van der Waals surface area contributed by atoms with Crippen molar-refractivity contribution < 1.29 is 14.9 Å². The lowest BCUT2D eigenvalue weighted by Gasteiger charge is -2.23. The van der Waals surface area contributed by atoms with Crippen molar-refractivity contribution >= 4 is 0 Å². The topological polar surface area (TPSA) is 61.7 Å². The summed E-state index contributed by atoms with van der Waals surface area (Å²) in [6.07, 6.45) is 0.863. The molecule has 0 spiro atoms. The van der Waals surface area contributed by atoms with Crippen molar-refractivity contribution in [3.63, 3.8) is 0 Å². The maximum absolute atomic E-state index is 8.96. The van der Waals surface area contributed by atoms with Gasteiger partial charge in [-0.05, 0) is 6.42 Å². The molecule has 0 radical (unpaired) electrons. The van der Waals surface area contributed by atoms with Gasteiger partial charge in [0.2, 0.25) is 0 Å². The van der Waals surface area contributed by atoms with Crippen LogP contribution >= 0.6 is 0 Å². The number of ether oxygens (including phenoxy) is 1. The first-order valence-corrected chi connectivity index (χ1v) is 4.28. The summed E-state index contributed by atoms with van der Waals surface area (Å²) in [5, 5.41) is 20.5. The van der Waals surface area contributed by atoms with Crippen LogP contribution in [0.5, 0.6) is 0 Å². The molecule has 4 nitrogen and oxygen atoms in total. The SMILES string of the molecule is CCC(OC)C(CO)NCCO. The molecule has 74 valence electrons. The van der Waals surface area contributed by atoms with Crippen LogP contribution in [0.2, 0.25) is 0 Å². The third kappa shape index (κ3) is 4.01. The summed E-state index contributed by atoms with van der Waals surface area (Å²) in [4.78, 5) is 0. The molecule has 3 N–H and O–H groups in total. The fourth-order valence-electron chi connectivity index (χ4n) is 1.18. The van der Waals surface area contributed by atoms with Crippen molar-refractivity contribution in [3.8, 4) is 0 Å². The van der Waals surface area contributed by atoms with Crippen LogP contribution in [0, 0.1) is 0 Å². The summed E-state index contributed by atoms with van der Waals surface area (Å²) in [5.41, 5.74) is 0. The van der Waals surface area contributed by atoms with Crippen LogP contribution in [-0.2, 0) is 4.74 Å². The van der Waals surface area contributed by atoms with Gasteiger partial charge < -0.3 is 20.3 Å². The lowest BCUT2D eigenvalue weighted by atomic mass is 10.1. The smallest absolute Gasteiger partial charge is 0.0744 e. The van der Waals surface area contributed by atoms with E-state index < -0.39 is 0 Å². The highest BCUT2D eigenvalue weighted by Crippen LogP contribution is 2.02. The van der Waals surface area contributed by atoms with Crippen LogP contribution in [0.4, 0.5) is 0 Å². The first-order chi connectivity index (χ1) is 5.79. The van der Waals surface area contributed by atoms with Crippen LogP contribution in [-0.4, -0.2) is 49.2 Å². The Morgan fingerprint density at radius 2 is 2.08 bits per heavy atom. The first-order valence-electron chi connectivity index (χ1n) is 4.28. The van der Waals surface area contributed by atoms with Crippen LogP contribution < -0.4 is 5.32 Å². The second-order valence-corrected chi connectivity index (χ2v) is 2.65. The zero-order valence-corrected chi connectivity index (χ0v) is 7.79. The molecule has 0 saturated carbocycles. The molecule has 0 aliphatic rings. The Kier molecular flexibility index (Phi) is 7.39. The van der Waals surface area contributed by atoms with Gasteiger partial charge in [0.1, 0.15) is 0 Å². The van der Waals surface area contributed by atoms with Crippen molar-refractivity contribution in [1.82, 2.24) is 5.32 Å². The molecule has 0 aliphatic carbocycles. The highest BCUT2D eigenvalue weighted by atomic mass is 16.5. The lowest BCUT2D eigenvalue weighted by Crippen LogP contribution is -2.44. The lowest BCUT2D eigenvalue weighted by molar-refractivity contribution is 0.0417. The van der Waals surface area contributed by atoms with E-state index in [1.54, 1.807) is 7.11 Å². The average molecular weight is 177 g/mol. The third-order valence-corrected chi connectivity index (χ3v) is 1.87. The number of hydrogen-bond donors (Lipinski definition) is 3. The van der Waals surface area contributed by atoms with Crippen LogP contribution in [0.25, 0.3) is 0 Å². The minimum absolute atomic E-state index is 0.0153. The molecule has 2 atom stereocenters. The summed E-state index contributed by atoms with van der Waals surface area (Å²) in [7, 11) is 1.62. The molecule has 0 rings (SSSR count). The van der Waals surface area contributed by atoms with Gasteiger partial charge in [-0.2, -0.15) is 0 Å². The van der Waals surface area contributed by atoms with Crippen molar-refractivity contribution in [2.75, 3.05) is 26.9 Å². The fourth-order valence-corrected chi connectivity index (χ4v) is 1.18. The molecule has 0 fully saturated rings. The molecule has 4 heteroatoms. The minimum atomic E-state index is -0.0767. The maximum Gasteiger partial charge on any atom is 0.0744 e. The number of methoxy groups -OCH3 is 1. The molecular weight excluding hydrogens is 158 g/mol. The summed E-state index contributed by atoms with van der Waals surface area (Å²) in [5.74, 6) is 0. The number of rotatable bonds is 7. The third-order valence-electron chi connectivity index (χ3n) is 1.87. The van der Waals surface area contributed by atoms with Crippen molar-refractivity contribution in [2.45, 2.75) is 25.5 Å². The Hall–Kier alpha value is -0.160. The van der Waals surface area contributed by atoms with E-state index in [-0.39, 0.29) is 25.4 Å². The van der Waals surface area contributed by atoms with E-state index in [2.05, 4.69) is 5.32 Å². The van der Waals surface area contributed by atoms with Gasteiger partial charge in [-0.1, -0.05) is 6.92 Å². The van der Waals surface area contributed by atoms with Gasteiger partial charge in [0.05, 0.1) is 25.4 Å². The largest absolute Gasteiger partial charge is 0.395 e. The molecule has 0 bridgehead atoms. The van der Waals surface area contributed by atoms with Gasteiger partial charge in [-0.25, -0.2) is 0 Å². The van der Waals surface area contributed by atoms with Crippen molar-refractivity contribution in [1.29, 1.82) is 0 Å². The maximum atomic E-state index is 8.96. The van der Waals surface area contributed by atoms with Crippen molar-refractivity contribution in [2.24, 2.45) is 0 Å². The van der Waals surface area contributed by atoms with Gasteiger partial charge in [-0.15, -0.1) is 0 Å². The van der Waals surface area contributed by atoms with Gasteiger partial charge in [-0.3, -0.25) is 0 Å². The van der Waals surface area contributed by atoms with E-state index in [1.807, 2.05) is 6.92 Å². The van der Waals surface area contributed by atoms with Gasteiger partial charge in [0.25, 0.3) is 0 Å². The number of aliphatic hydroxyl groups is 2. The van der Waals surface area contributed by atoms with E-state index in [1.165, 1.54) is 0 Å². The van der Waals surface area contributed by atoms with Crippen LogP contribution in [0.3, 0.4) is 0 Å². The zero-order chi connectivity index (χ0) is 9.40. The van der Waals surface area contributed by atoms with Crippen molar-refractivity contribution in [3.05, 3.63) is 0 Å². The van der Waals surface area contributed by atoms with Gasteiger partial charge >= 0.3 is 0 Å². The molecule has 0 saturated heterocycles. The Labute approximate surface area is 73.5 Å². The molecular formula is C8H19NO3. The molecule has 0 aromatic carbocycles. The quantitative estimate of drug-likeness (QED) is 0.484. The van der Waals surface area contributed by atoms with E-state index in [9.17, 15) is 0 Å². The van der Waals surface area contributed by atoms with E-state index in [0.29, 0.717) is 6.54 Å². The first kappa shape index (κ1) is 11.8. The Morgan fingerprint density at radius 1 is 1.42 bits per heavy atom. The van der Waals surface area contributed by atoms with Crippen LogP contribution in [0.15, 0.2) is 0 Å². The second kappa shape index (κ2) is 7.49. The van der Waals surface area contributed by atoms with E-state index in [4.69, 9.17) is 14.9 Å². The van der Waals surface area contributed by atoms with Gasteiger partial charge in [0, 0.05) is 13.7 Å². The summed E-state index contributed by atoms with van der Waals surface area (Å²) in [6, 6.07) is -0.0767. The Morgan fingerprint density at radius 3 is 2.42 bits per heavy atom. The molecule has 0 aromatic heterocycles. The molecule has 0 aliphatic heterocycles. The highest BCUT2D eigenvalue weighted by Gasteiger charge is 2.17. The van der Waals surface area contributed by atoms with E-state index in [0.717, 1.165) is 6.42 Å². The predicted molar refractivity (Wildman–Crippen MR) is 47.1 cm³/mol. The zero-order valence-electron chi connectivity index (χ0n) is 7.79. The van der Waals surface area contributed by atoms with Crippen LogP contribution in [0.1, 0.15) is 13.3 Å². The Balaban J connectivity index is 3.75.